The summed E-state index contributed by atoms with van der Waals surface area (Å²) >= 11 is 7.21. The molecule has 1 saturated heterocycles. The lowest BCUT2D eigenvalue weighted by molar-refractivity contribution is -0.123. The van der Waals surface area contributed by atoms with Gasteiger partial charge >= 0.3 is 0 Å². The average Bonchev–Trinajstić information content (AvgIpc) is 3.29. The molecular weight excluding hydrogens is 426 g/mol. The highest BCUT2D eigenvalue weighted by Crippen LogP contribution is 2.39. The lowest BCUT2D eigenvalue weighted by Gasteiger charge is -2.14. The minimum atomic E-state index is -0.345. The number of nitrogens with zero attached hydrogens (tertiary/aromatic N) is 1. The molecular formula is C22H20ClNO5S. The predicted molar refractivity (Wildman–Crippen MR) is 116 cm³/mol. The van der Waals surface area contributed by atoms with Crippen LogP contribution in [0.4, 0.5) is 4.79 Å². The van der Waals surface area contributed by atoms with E-state index in [9.17, 15) is 9.59 Å². The molecule has 2 heterocycles. The maximum absolute atomic E-state index is 12.8. The van der Waals surface area contributed by atoms with Crippen LogP contribution in [0, 0.1) is 0 Å². The Kier molecular flexibility index (Phi) is 6.20. The van der Waals surface area contributed by atoms with Gasteiger partial charge < -0.3 is 14.2 Å². The van der Waals surface area contributed by atoms with Gasteiger partial charge in [-0.1, -0.05) is 37.1 Å². The van der Waals surface area contributed by atoms with Crippen LogP contribution in [0.15, 0.2) is 41.3 Å². The van der Waals surface area contributed by atoms with Gasteiger partial charge in [0.25, 0.3) is 11.1 Å². The first kappa shape index (κ1) is 20.6. The standard InChI is InChI=1S/C22H20ClNO5S/c1-2-3-8-27-16-6-4-14(5-7-16)9-20-21(25)24(22(26)30-20)12-15-10-18-19(11-17(15)23)29-13-28-18/h4-7,9-11H,2-3,8,12-13H2,1H3/b20-9-. The Balaban J connectivity index is 1.46. The van der Waals surface area contributed by atoms with Gasteiger partial charge in [-0.2, -0.15) is 0 Å². The van der Waals surface area contributed by atoms with Crippen LogP contribution in [0.25, 0.3) is 6.08 Å². The van der Waals surface area contributed by atoms with Crippen molar-refractivity contribution in [1.29, 1.82) is 0 Å². The fourth-order valence-corrected chi connectivity index (χ4v) is 4.08. The van der Waals surface area contributed by atoms with Crippen LogP contribution in [0.1, 0.15) is 30.9 Å². The van der Waals surface area contributed by atoms with Crippen molar-refractivity contribution < 1.29 is 23.8 Å². The molecule has 1 fully saturated rings. The summed E-state index contributed by atoms with van der Waals surface area (Å²) in [5, 5.41) is 0.0837. The van der Waals surface area contributed by atoms with Gasteiger partial charge in [0.1, 0.15) is 5.75 Å². The average molecular weight is 446 g/mol. The molecule has 0 unspecified atom stereocenters. The van der Waals surface area contributed by atoms with Gasteiger partial charge in [0, 0.05) is 11.1 Å². The number of halogens is 1. The maximum Gasteiger partial charge on any atom is 0.293 e. The molecule has 8 heteroatoms. The molecule has 2 aliphatic rings. The summed E-state index contributed by atoms with van der Waals surface area (Å²) in [4.78, 5) is 26.8. The number of hydrogen-bond donors (Lipinski definition) is 0. The topological polar surface area (TPSA) is 65.1 Å². The van der Waals surface area contributed by atoms with E-state index in [1.165, 1.54) is 4.90 Å². The number of imide groups is 1. The van der Waals surface area contributed by atoms with E-state index in [2.05, 4.69) is 6.92 Å². The van der Waals surface area contributed by atoms with Crippen molar-refractivity contribution >= 4 is 40.6 Å². The van der Waals surface area contributed by atoms with E-state index in [4.69, 9.17) is 25.8 Å². The third kappa shape index (κ3) is 4.42. The van der Waals surface area contributed by atoms with Crippen LogP contribution >= 0.6 is 23.4 Å². The van der Waals surface area contributed by atoms with Gasteiger partial charge in [-0.3, -0.25) is 14.5 Å². The SMILES string of the molecule is CCCCOc1ccc(/C=C2\SC(=O)N(Cc3cc4c(cc3Cl)OCO4)C2=O)cc1. The van der Waals surface area contributed by atoms with E-state index in [0.29, 0.717) is 33.6 Å². The van der Waals surface area contributed by atoms with E-state index in [1.54, 1.807) is 18.2 Å². The summed E-state index contributed by atoms with van der Waals surface area (Å²) in [6.07, 6.45) is 3.79. The molecule has 2 amide bonds. The molecule has 4 rings (SSSR count). The van der Waals surface area contributed by atoms with E-state index < -0.39 is 0 Å². The molecule has 2 aromatic carbocycles. The Hall–Kier alpha value is -2.64. The smallest absolute Gasteiger partial charge is 0.293 e. The van der Waals surface area contributed by atoms with E-state index in [-0.39, 0.29) is 24.5 Å². The second kappa shape index (κ2) is 9.02. The summed E-state index contributed by atoms with van der Waals surface area (Å²) in [6, 6.07) is 10.8. The normalized spacial score (nSPS) is 16.6. The molecule has 0 aromatic heterocycles. The number of benzene rings is 2. The van der Waals surface area contributed by atoms with Gasteiger partial charge in [-0.05, 0) is 53.6 Å². The molecule has 0 aliphatic carbocycles. The number of carbonyl (C=O) groups excluding carboxylic acids is 2. The predicted octanol–water partition coefficient (Wildman–Crippen LogP) is 5.48. The van der Waals surface area contributed by atoms with Gasteiger partial charge in [0.2, 0.25) is 6.79 Å². The Morgan fingerprint density at radius 1 is 1.17 bits per heavy atom. The van der Waals surface area contributed by atoms with Gasteiger partial charge in [-0.25, -0.2) is 0 Å². The lowest BCUT2D eigenvalue weighted by Crippen LogP contribution is -2.27. The minimum Gasteiger partial charge on any atom is -0.494 e. The zero-order chi connectivity index (χ0) is 21.1. The Morgan fingerprint density at radius 2 is 1.90 bits per heavy atom. The van der Waals surface area contributed by atoms with E-state index in [1.807, 2.05) is 24.3 Å². The first-order chi connectivity index (χ1) is 14.5. The number of unbranched alkanes of at least 4 members (excludes halogenated alkanes) is 1. The summed E-state index contributed by atoms with van der Waals surface area (Å²) < 4.78 is 16.3. The number of fused-ring (bicyclic) bond motifs is 1. The highest BCUT2D eigenvalue weighted by atomic mass is 35.5. The van der Waals surface area contributed by atoms with Gasteiger partial charge in [0.15, 0.2) is 11.5 Å². The summed E-state index contributed by atoms with van der Waals surface area (Å²) in [5.41, 5.74) is 1.45. The number of carbonyl (C=O) groups is 2. The highest BCUT2D eigenvalue weighted by Gasteiger charge is 2.35. The number of ether oxygens (including phenoxy) is 3. The van der Waals surface area contributed by atoms with Gasteiger partial charge in [-0.15, -0.1) is 0 Å². The Labute approximate surface area is 183 Å². The Morgan fingerprint density at radius 3 is 2.63 bits per heavy atom. The van der Waals surface area contributed by atoms with E-state index >= 15 is 0 Å². The van der Waals surface area contributed by atoms with Crippen LogP contribution in [-0.4, -0.2) is 29.4 Å². The number of rotatable bonds is 7. The van der Waals surface area contributed by atoms with Crippen molar-refractivity contribution in [1.82, 2.24) is 4.90 Å². The second-order valence-corrected chi connectivity index (χ2v) is 8.24. The number of amides is 2. The van der Waals surface area contributed by atoms with Crippen molar-refractivity contribution in [3.8, 4) is 17.2 Å². The van der Waals surface area contributed by atoms with Crippen LogP contribution < -0.4 is 14.2 Å². The van der Waals surface area contributed by atoms with Crippen molar-refractivity contribution in [2.24, 2.45) is 0 Å². The second-order valence-electron chi connectivity index (χ2n) is 6.84. The highest BCUT2D eigenvalue weighted by molar-refractivity contribution is 8.18. The van der Waals surface area contributed by atoms with Gasteiger partial charge in [0.05, 0.1) is 18.1 Å². The van der Waals surface area contributed by atoms with Crippen LogP contribution in [-0.2, 0) is 11.3 Å². The Bertz CT molecular complexity index is 1010. The van der Waals surface area contributed by atoms with Crippen molar-refractivity contribution in [2.45, 2.75) is 26.3 Å². The molecule has 2 aliphatic heterocycles. The fourth-order valence-electron chi connectivity index (χ4n) is 3.03. The van der Waals surface area contributed by atoms with E-state index in [0.717, 1.165) is 35.9 Å². The molecule has 156 valence electrons. The minimum absolute atomic E-state index is 0.0711. The van der Waals surface area contributed by atoms with Crippen LogP contribution in [0.2, 0.25) is 5.02 Å². The van der Waals surface area contributed by atoms with Crippen molar-refractivity contribution in [3.05, 3.63) is 57.5 Å². The van der Waals surface area contributed by atoms with Crippen molar-refractivity contribution in [2.75, 3.05) is 13.4 Å². The quantitative estimate of drug-likeness (QED) is 0.415. The first-order valence-corrected chi connectivity index (χ1v) is 10.8. The lowest BCUT2D eigenvalue weighted by atomic mass is 10.1. The van der Waals surface area contributed by atoms with Crippen molar-refractivity contribution in [3.63, 3.8) is 0 Å². The summed E-state index contributed by atoms with van der Waals surface area (Å²) in [6.45, 7) is 2.99. The molecule has 0 spiro atoms. The molecule has 0 N–H and O–H groups in total. The number of thioether (sulfide) groups is 1. The van der Waals surface area contributed by atoms with Crippen LogP contribution in [0.5, 0.6) is 17.2 Å². The molecule has 2 aromatic rings. The molecule has 0 radical (unpaired) electrons. The molecule has 30 heavy (non-hydrogen) atoms. The molecule has 0 saturated carbocycles. The third-order valence-electron chi connectivity index (χ3n) is 4.69. The van der Waals surface area contributed by atoms with Crippen LogP contribution in [0.3, 0.4) is 0 Å². The summed E-state index contributed by atoms with van der Waals surface area (Å²) in [5.74, 6) is 1.55. The fraction of sp³-hybridized carbons (Fsp3) is 0.273. The zero-order valence-electron chi connectivity index (χ0n) is 16.4. The summed E-state index contributed by atoms with van der Waals surface area (Å²) in [7, 11) is 0. The first-order valence-electron chi connectivity index (χ1n) is 9.61. The molecule has 0 bridgehead atoms. The largest absolute Gasteiger partial charge is 0.494 e. The third-order valence-corrected chi connectivity index (χ3v) is 5.95. The maximum atomic E-state index is 12.8. The molecule has 0 atom stereocenters. The molecule has 6 nitrogen and oxygen atoms in total. The number of hydrogen-bond acceptors (Lipinski definition) is 6. The monoisotopic (exact) mass is 445 g/mol. The zero-order valence-corrected chi connectivity index (χ0v) is 17.9.